The minimum absolute atomic E-state index is 0.244. The Morgan fingerprint density at radius 2 is 2.03 bits per heavy atom. The first-order chi connectivity index (χ1) is 14.0. The molecule has 0 amide bonds. The summed E-state index contributed by atoms with van der Waals surface area (Å²) >= 11 is 0. The van der Waals surface area contributed by atoms with Crippen LogP contribution in [-0.2, 0) is 7.05 Å². The second-order valence-electron chi connectivity index (χ2n) is 7.43. The molecule has 1 aromatic carbocycles. The normalized spacial score (nSPS) is 16.8. The molecule has 1 fully saturated rings. The summed E-state index contributed by atoms with van der Waals surface area (Å²) in [6.07, 6.45) is 7.22. The minimum atomic E-state index is -0.429. The van der Waals surface area contributed by atoms with E-state index in [4.69, 9.17) is 4.98 Å². The highest BCUT2D eigenvalue weighted by atomic mass is 19.1. The third-order valence-corrected chi connectivity index (χ3v) is 5.50. The maximum Gasteiger partial charge on any atom is 0.165 e. The van der Waals surface area contributed by atoms with E-state index in [0.717, 1.165) is 53.7 Å². The summed E-state index contributed by atoms with van der Waals surface area (Å²) < 4.78 is 31.7. The number of anilines is 1. The zero-order valence-corrected chi connectivity index (χ0v) is 16.2. The minimum Gasteiger partial charge on any atom is -0.349 e. The number of aromatic nitrogens is 5. The van der Waals surface area contributed by atoms with E-state index in [0.29, 0.717) is 5.56 Å². The highest BCUT2D eigenvalue weighted by Gasteiger charge is 2.30. The summed E-state index contributed by atoms with van der Waals surface area (Å²) in [7, 11) is 1.87. The smallest absolute Gasteiger partial charge is 0.165 e. The quantitative estimate of drug-likeness (QED) is 0.526. The maximum atomic E-state index is 14.4. The van der Waals surface area contributed by atoms with Crippen molar-refractivity contribution < 1.29 is 8.78 Å². The van der Waals surface area contributed by atoms with Gasteiger partial charge in [0.1, 0.15) is 17.5 Å². The number of hydrogen-bond acceptors (Lipinski definition) is 4. The van der Waals surface area contributed by atoms with Crippen molar-refractivity contribution in [2.75, 3.05) is 11.4 Å². The molecule has 4 heterocycles. The molecule has 148 valence electrons. The molecule has 0 bridgehead atoms. The summed E-state index contributed by atoms with van der Waals surface area (Å²) in [4.78, 5) is 6.91. The zero-order chi connectivity index (χ0) is 20.1. The predicted octanol–water partition coefficient (Wildman–Crippen LogP) is 4.06. The topological polar surface area (TPSA) is 51.2 Å². The Morgan fingerprint density at radius 3 is 2.83 bits per heavy atom. The highest BCUT2D eigenvalue weighted by Crippen LogP contribution is 2.37. The highest BCUT2D eigenvalue weighted by molar-refractivity contribution is 5.79. The fraction of sp³-hybridized carbons (Fsp3) is 0.286. The lowest BCUT2D eigenvalue weighted by Gasteiger charge is -2.26. The second kappa shape index (κ2) is 6.65. The molecule has 6 nitrogen and oxygen atoms in total. The molecule has 4 aromatic rings. The number of halogens is 2. The zero-order valence-electron chi connectivity index (χ0n) is 16.2. The average Bonchev–Trinajstić information content (AvgIpc) is 3.41. The van der Waals surface area contributed by atoms with Gasteiger partial charge in [0, 0.05) is 37.1 Å². The van der Waals surface area contributed by atoms with Crippen molar-refractivity contribution in [1.29, 1.82) is 0 Å². The van der Waals surface area contributed by atoms with Crippen LogP contribution < -0.4 is 4.90 Å². The van der Waals surface area contributed by atoms with Crippen molar-refractivity contribution in [2.45, 2.75) is 25.8 Å². The van der Waals surface area contributed by atoms with E-state index in [9.17, 15) is 8.78 Å². The summed E-state index contributed by atoms with van der Waals surface area (Å²) in [6.45, 7) is 2.68. The monoisotopic (exact) mass is 394 g/mol. The maximum absolute atomic E-state index is 14.4. The molecule has 1 aliphatic rings. The number of fused-ring (bicyclic) bond motifs is 1. The van der Waals surface area contributed by atoms with E-state index < -0.39 is 5.82 Å². The molecule has 1 saturated heterocycles. The molecule has 29 heavy (non-hydrogen) atoms. The summed E-state index contributed by atoms with van der Waals surface area (Å²) in [5.74, 6) is -0.0868. The van der Waals surface area contributed by atoms with Gasteiger partial charge in [-0.3, -0.25) is 4.68 Å². The summed E-state index contributed by atoms with van der Waals surface area (Å²) in [5, 5.41) is 8.81. The van der Waals surface area contributed by atoms with Gasteiger partial charge in [-0.2, -0.15) is 10.2 Å². The Balaban J connectivity index is 1.60. The average molecular weight is 394 g/mol. The second-order valence-corrected chi connectivity index (χ2v) is 7.43. The van der Waals surface area contributed by atoms with Gasteiger partial charge in [0.05, 0.1) is 23.5 Å². The van der Waals surface area contributed by atoms with Crippen molar-refractivity contribution in [3.63, 3.8) is 0 Å². The molecular weight excluding hydrogens is 374 g/mol. The fourth-order valence-corrected chi connectivity index (χ4v) is 4.21. The molecule has 0 spiro atoms. The van der Waals surface area contributed by atoms with Gasteiger partial charge >= 0.3 is 0 Å². The van der Waals surface area contributed by atoms with Crippen molar-refractivity contribution in [1.82, 2.24) is 24.4 Å². The SMILES string of the molecule is Cc1nn2ccc(N3CCC[C@@H]3c3cc(F)ccc3F)nc2c1-c1cnn(C)c1. The van der Waals surface area contributed by atoms with Gasteiger partial charge < -0.3 is 4.90 Å². The third kappa shape index (κ3) is 2.95. The van der Waals surface area contributed by atoms with Gasteiger partial charge in [0.15, 0.2) is 5.65 Å². The molecule has 0 saturated carbocycles. The van der Waals surface area contributed by atoms with Gasteiger partial charge in [-0.25, -0.2) is 18.3 Å². The largest absolute Gasteiger partial charge is 0.349 e. The van der Waals surface area contributed by atoms with Crippen LogP contribution in [-0.4, -0.2) is 30.9 Å². The number of nitrogens with zero attached hydrogens (tertiary/aromatic N) is 6. The van der Waals surface area contributed by atoms with Crippen LogP contribution in [0.15, 0.2) is 42.9 Å². The van der Waals surface area contributed by atoms with Crippen LogP contribution in [0.5, 0.6) is 0 Å². The van der Waals surface area contributed by atoms with Crippen LogP contribution in [0.2, 0.25) is 0 Å². The molecular formula is C21H20F2N6. The van der Waals surface area contributed by atoms with Crippen LogP contribution in [0.25, 0.3) is 16.8 Å². The van der Waals surface area contributed by atoms with E-state index >= 15 is 0 Å². The molecule has 0 aliphatic carbocycles. The Kier molecular flexibility index (Phi) is 4.08. The first-order valence-electron chi connectivity index (χ1n) is 9.58. The van der Waals surface area contributed by atoms with Crippen molar-refractivity contribution >= 4 is 11.5 Å². The van der Waals surface area contributed by atoms with E-state index in [2.05, 4.69) is 10.2 Å². The lowest BCUT2D eigenvalue weighted by molar-refractivity contribution is 0.560. The van der Waals surface area contributed by atoms with E-state index in [1.54, 1.807) is 15.4 Å². The Hall–Kier alpha value is -3.29. The van der Waals surface area contributed by atoms with E-state index in [1.165, 1.54) is 12.1 Å². The molecule has 1 atom stereocenters. The Labute approximate surface area is 166 Å². The molecule has 0 radical (unpaired) electrons. The molecule has 8 heteroatoms. The molecule has 3 aromatic heterocycles. The van der Waals surface area contributed by atoms with Crippen molar-refractivity contribution in [3.8, 4) is 11.1 Å². The van der Waals surface area contributed by atoms with Gasteiger partial charge in [0.2, 0.25) is 0 Å². The van der Waals surface area contributed by atoms with E-state index in [1.807, 2.05) is 37.3 Å². The van der Waals surface area contributed by atoms with Crippen LogP contribution in [0.1, 0.15) is 30.1 Å². The van der Waals surface area contributed by atoms with E-state index in [-0.39, 0.29) is 11.9 Å². The molecule has 5 rings (SSSR count). The first kappa shape index (κ1) is 17.8. The number of aryl methyl sites for hydroxylation is 2. The summed E-state index contributed by atoms with van der Waals surface area (Å²) in [6, 6.07) is 5.27. The molecule has 1 aliphatic heterocycles. The van der Waals surface area contributed by atoms with Crippen LogP contribution in [0.3, 0.4) is 0 Å². The fourth-order valence-electron chi connectivity index (χ4n) is 4.21. The van der Waals surface area contributed by atoms with Crippen LogP contribution in [0.4, 0.5) is 14.6 Å². The standard InChI is InChI=1S/C21H20F2N6/c1-13-20(14-11-24-27(2)12-14)21-25-19(7-9-29(21)26-13)28-8-3-4-18(28)16-10-15(22)5-6-17(16)23/h5-7,9-12,18H,3-4,8H2,1-2H3/t18-/m1/s1. The van der Waals surface area contributed by atoms with Gasteiger partial charge in [0.25, 0.3) is 0 Å². The van der Waals surface area contributed by atoms with Gasteiger partial charge in [-0.1, -0.05) is 0 Å². The number of rotatable bonds is 3. The third-order valence-electron chi connectivity index (χ3n) is 5.50. The summed E-state index contributed by atoms with van der Waals surface area (Å²) in [5.41, 5.74) is 3.82. The lowest BCUT2D eigenvalue weighted by atomic mass is 10.0. The Morgan fingerprint density at radius 1 is 1.17 bits per heavy atom. The molecule has 0 unspecified atom stereocenters. The van der Waals surface area contributed by atoms with Crippen LogP contribution >= 0.6 is 0 Å². The Bertz CT molecular complexity index is 1210. The van der Waals surface area contributed by atoms with Crippen LogP contribution in [0, 0.1) is 18.6 Å². The van der Waals surface area contributed by atoms with Crippen molar-refractivity contribution in [2.24, 2.45) is 7.05 Å². The van der Waals surface area contributed by atoms with Crippen molar-refractivity contribution in [3.05, 3.63) is 65.7 Å². The lowest BCUT2D eigenvalue weighted by Crippen LogP contribution is -2.24. The van der Waals surface area contributed by atoms with Gasteiger partial charge in [-0.15, -0.1) is 0 Å². The number of hydrogen-bond donors (Lipinski definition) is 0. The van der Waals surface area contributed by atoms with Gasteiger partial charge in [-0.05, 0) is 44.0 Å². The number of benzene rings is 1. The predicted molar refractivity (Wildman–Crippen MR) is 106 cm³/mol. The first-order valence-corrected chi connectivity index (χ1v) is 9.58. The molecule has 0 N–H and O–H groups in total.